The predicted molar refractivity (Wildman–Crippen MR) is 97.3 cm³/mol. The number of nitrogens with zero attached hydrogens (tertiary/aromatic N) is 5. The number of oxazole rings is 1. The molecule has 28 heavy (non-hydrogen) atoms. The van der Waals surface area contributed by atoms with Crippen LogP contribution in [-0.4, -0.2) is 43.6 Å². The molecule has 0 atom stereocenters. The largest absolute Gasteiger partial charge is 0.420 e. The first kappa shape index (κ1) is 16.4. The van der Waals surface area contributed by atoms with Crippen LogP contribution < -0.4 is 5.76 Å². The lowest BCUT2D eigenvalue weighted by atomic mass is 10.00. The molecule has 4 heterocycles. The molecule has 1 aliphatic heterocycles. The number of carbonyl (C=O) groups excluding carboxylic acids is 1. The van der Waals surface area contributed by atoms with Gasteiger partial charge in [-0.15, -0.1) is 0 Å². The van der Waals surface area contributed by atoms with Crippen LogP contribution in [0.4, 0.5) is 0 Å². The molecule has 0 spiro atoms. The first-order valence-corrected chi connectivity index (χ1v) is 8.79. The van der Waals surface area contributed by atoms with Crippen molar-refractivity contribution in [1.82, 2.24) is 24.6 Å². The average Bonchev–Trinajstić information content (AvgIpc) is 3.27. The fourth-order valence-corrected chi connectivity index (χ4v) is 3.26. The van der Waals surface area contributed by atoms with E-state index >= 15 is 0 Å². The van der Waals surface area contributed by atoms with Crippen LogP contribution in [0.1, 0.15) is 11.8 Å². The third-order valence-corrected chi connectivity index (χ3v) is 4.83. The molecular formula is C19H15N5O4. The maximum absolute atomic E-state index is 12.5. The first-order chi connectivity index (χ1) is 13.7. The van der Waals surface area contributed by atoms with Gasteiger partial charge in [-0.1, -0.05) is 17.3 Å². The van der Waals surface area contributed by atoms with E-state index in [1.54, 1.807) is 53.7 Å². The fourth-order valence-electron chi connectivity index (χ4n) is 3.26. The molecular weight excluding hydrogens is 362 g/mol. The Bertz CT molecular complexity index is 1200. The van der Waals surface area contributed by atoms with Crippen LogP contribution in [0.5, 0.6) is 0 Å². The Morgan fingerprint density at radius 3 is 2.75 bits per heavy atom. The summed E-state index contributed by atoms with van der Waals surface area (Å²) in [6.45, 7) is 0.886. The summed E-state index contributed by atoms with van der Waals surface area (Å²) < 4.78 is 11.9. The van der Waals surface area contributed by atoms with Crippen molar-refractivity contribution in [2.24, 2.45) is 0 Å². The second-order valence-corrected chi connectivity index (χ2v) is 6.61. The highest BCUT2D eigenvalue weighted by Gasteiger charge is 2.36. The van der Waals surface area contributed by atoms with Crippen LogP contribution in [0.15, 0.2) is 62.5 Å². The van der Waals surface area contributed by atoms with Gasteiger partial charge in [-0.2, -0.15) is 4.98 Å². The van der Waals surface area contributed by atoms with Gasteiger partial charge in [0.1, 0.15) is 6.54 Å². The molecule has 5 rings (SSSR count). The van der Waals surface area contributed by atoms with E-state index < -0.39 is 5.76 Å². The molecule has 1 fully saturated rings. The molecule has 9 nitrogen and oxygen atoms in total. The molecule has 0 unspecified atom stereocenters. The van der Waals surface area contributed by atoms with Crippen molar-refractivity contribution < 1.29 is 13.7 Å². The Morgan fingerprint density at radius 1 is 1.14 bits per heavy atom. The second kappa shape index (κ2) is 6.45. The number of carbonyl (C=O) groups is 1. The number of likely N-dealkylation sites (tertiary alicyclic amines) is 1. The normalized spacial score (nSPS) is 14.4. The van der Waals surface area contributed by atoms with Gasteiger partial charge in [0.2, 0.25) is 17.6 Å². The van der Waals surface area contributed by atoms with Crippen LogP contribution in [-0.2, 0) is 11.3 Å². The van der Waals surface area contributed by atoms with Gasteiger partial charge in [-0.3, -0.25) is 14.3 Å². The van der Waals surface area contributed by atoms with Gasteiger partial charge < -0.3 is 13.8 Å². The molecule has 0 N–H and O–H groups in total. The summed E-state index contributed by atoms with van der Waals surface area (Å²) in [5.74, 6) is 0.300. The summed E-state index contributed by atoms with van der Waals surface area (Å²) >= 11 is 0. The summed E-state index contributed by atoms with van der Waals surface area (Å²) in [5, 5.41) is 3.99. The highest BCUT2D eigenvalue weighted by atomic mass is 16.5. The van der Waals surface area contributed by atoms with E-state index in [-0.39, 0.29) is 18.4 Å². The SMILES string of the molecule is O=C(Cn1c(=O)oc2ccccc21)N1CC(c2nc(-c3ccncc3)no2)C1. The monoisotopic (exact) mass is 377 g/mol. The smallest absolute Gasteiger partial charge is 0.408 e. The molecule has 4 aromatic rings. The van der Waals surface area contributed by atoms with Gasteiger partial charge in [0.05, 0.1) is 11.4 Å². The first-order valence-electron chi connectivity index (χ1n) is 8.79. The van der Waals surface area contributed by atoms with Crippen molar-refractivity contribution in [3.63, 3.8) is 0 Å². The molecule has 0 saturated carbocycles. The van der Waals surface area contributed by atoms with Crippen molar-refractivity contribution in [3.8, 4) is 11.4 Å². The van der Waals surface area contributed by atoms with E-state index in [1.165, 1.54) is 4.57 Å². The molecule has 0 aliphatic carbocycles. The van der Waals surface area contributed by atoms with Gasteiger partial charge in [-0.25, -0.2) is 4.79 Å². The minimum Gasteiger partial charge on any atom is -0.408 e. The van der Waals surface area contributed by atoms with Gasteiger partial charge >= 0.3 is 5.76 Å². The number of hydrogen-bond acceptors (Lipinski definition) is 7. The second-order valence-electron chi connectivity index (χ2n) is 6.61. The molecule has 1 saturated heterocycles. The summed E-state index contributed by atoms with van der Waals surface area (Å²) in [5.41, 5.74) is 1.90. The van der Waals surface area contributed by atoms with Gasteiger partial charge in [0.15, 0.2) is 5.58 Å². The van der Waals surface area contributed by atoms with Crippen molar-refractivity contribution in [1.29, 1.82) is 0 Å². The lowest BCUT2D eigenvalue weighted by Crippen LogP contribution is -2.50. The number of benzene rings is 1. The van der Waals surface area contributed by atoms with Crippen molar-refractivity contribution in [2.45, 2.75) is 12.5 Å². The number of hydrogen-bond donors (Lipinski definition) is 0. The highest BCUT2D eigenvalue weighted by Crippen LogP contribution is 2.27. The summed E-state index contributed by atoms with van der Waals surface area (Å²) in [4.78, 5) is 34.6. The van der Waals surface area contributed by atoms with E-state index in [2.05, 4.69) is 15.1 Å². The molecule has 0 radical (unpaired) electrons. The number of rotatable bonds is 4. The van der Waals surface area contributed by atoms with E-state index in [1.807, 2.05) is 0 Å². The molecule has 3 aromatic heterocycles. The van der Waals surface area contributed by atoms with Crippen LogP contribution in [0.25, 0.3) is 22.5 Å². The number of fused-ring (bicyclic) bond motifs is 1. The molecule has 1 aliphatic rings. The Kier molecular flexibility index (Phi) is 3.78. The maximum Gasteiger partial charge on any atom is 0.420 e. The summed E-state index contributed by atoms with van der Waals surface area (Å²) in [6, 6.07) is 10.6. The Morgan fingerprint density at radius 2 is 1.93 bits per heavy atom. The van der Waals surface area contributed by atoms with E-state index in [4.69, 9.17) is 8.94 Å². The Balaban J connectivity index is 1.26. The van der Waals surface area contributed by atoms with Crippen molar-refractivity contribution in [3.05, 3.63) is 65.2 Å². The standard InChI is InChI=1S/C19H15N5O4/c25-16(11-24-14-3-1-2-4-15(14)27-19(24)26)23-9-13(10-23)18-21-17(22-28-18)12-5-7-20-8-6-12/h1-8,13H,9-11H2. The van der Waals surface area contributed by atoms with Crippen LogP contribution in [0.3, 0.4) is 0 Å². The van der Waals surface area contributed by atoms with Crippen LogP contribution in [0.2, 0.25) is 0 Å². The van der Waals surface area contributed by atoms with Crippen LogP contribution >= 0.6 is 0 Å². The number of pyridine rings is 1. The predicted octanol–water partition coefficient (Wildman–Crippen LogP) is 1.67. The lowest BCUT2D eigenvalue weighted by molar-refractivity contribution is -0.136. The zero-order chi connectivity index (χ0) is 19.1. The maximum atomic E-state index is 12.5. The fraction of sp³-hybridized carbons (Fsp3) is 0.211. The Labute approximate surface area is 158 Å². The average molecular weight is 377 g/mol. The summed E-state index contributed by atoms with van der Waals surface area (Å²) in [6.07, 6.45) is 3.33. The molecule has 1 aromatic carbocycles. The zero-order valence-corrected chi connectivity index (χ0v) is 14.7. The number of amides is 1. The van der Waals surface area contributed by atoms with Gasteiger partial charge in [-0.05, 0) is 24.3 Å². The summed E-state index contributed by atoms with van der Waals surface area (Å²) in [7, 11) is 0. The van der Waals surface area contributed by atoms with E-state index in [0.29, 0.717) is 35.9 Å². The number of para-hydroxylation sites is 2. The van der Waals surface area contributed by atoms with Crippen molar-refractivity contribution >= 4 is 17.0 Å². The molecule has 0 bridgehead atoms. The van der Waals surface area contributed by atoms with Gasteiger partial charge in [0, 0.05) is 31.0 Å². The Hall–Kier alpha value is -3.75. The van der Waals surface area contributed by atoms with E-state index in [0.717, 1.165) is 5.56 Å². The van der Waals surface area contributed by atoms with Crippen LogP contribution in [0, 0.1) is 0 Å². The molecule has 9 heteroatoms. The van der Waals surface area contributed by atoms with Crippen molar-refractivity contribution in [2.75, 3.05) is 13.1 Å². The minimum absolute atomic E-state index is 0.00940. The molecule has 140 valence electrons. The molecule has 1 amide bonds. The van der Waals surface area contributed by atoms with Gasteiger partial charge in [0.25, 0.3) is 0 Å². The highest BCUT2D eigenvalue weighted by molar-refractivity contribution is 5.80. The minimum atomic E-state index is -0.537. The van der Waals surface area contributed by atoms with E-state index in [9.17, 15) is 9.59 Å². The zero-order valence-electron chi connectivity index (χ0n) is 14.7. The third kappa shape index (κ3) is 2.77. The third-order valence-electron chi connectivity index (χ3n) is 4.83. The topological polar surface area (TPSA) is 107 Å². The quantitative estimate of drug-likeness (QED) is 0.532. The number of aromatic nitrogens is 4. The lowest BCUT2D eigenvalue weighted by Gasteiger charge is -2.37.